The summed E-state index contributed by atoms with van der Waals surface area (Å²) in [6, 6.07) is 10.4. The van der Waals surface area contributed by atoms with Crippen molar-refractivity contribution in [2.75, 3.05) is 18.5 Å². The number of carbonyl (C=O) groups is 3. The number of nitrogens with one attached hydrogen (secondary N) is 1. The van der Waals surface area contributed by atoms with Gasteiger partial charge in [-0.3, -0.25) is 19.8 Å². The molecule has 0 bridgehead atoms. The van der Waals surface area contributed by atoms with Gasteiger partial charge in [0, 0.05) is 24.9 Å². The minimum absolute atomic E-state index is 0.0305. The number of carbonyl (C=O) groups excluding carboxylic acids is 2. The zero-order chi connectivity index (χ0) is 21.6. The van der Waals surface area contributed by atoms with E-state index in [9.17, 15) is 29.6 Å². The molecule has 30 heavy (non-hydrogen) atoms. The number of hydrogen-bond donors (Lipinski definition) is 2. The van der Waals surface area contributed by atoms with E-state index < -0.39 is 28.9 Å². The van der Waals surface area contributed by atoms with Gasteiger partial charge in [0.15, 0.2) is 0 Å². The number of rotatable bonds is 4. The quantitative estimate of drug-likeness (QED) is 0.589. The maximum atomic E-state index is 13.3. The molecule has 2 N–H and O–H groups in total. The highest BCUT2D eigenvalue weighted by atomic mass is 16.6. The van der Waals surface area contributed by atoms with Crippen LogP contribution in [0.4, 0.5) is 16.2 Å². The lowest BCUT2D eigenvalue weighted by atomic mass is 9.95. The molecule has 0 saturated heterocycles. The van der Waals surface area contributed by atoms with Crippen molar-refractivity contribution in [2.45, 2.75) is 6.04 Å². The number of nitro benzene ring substituents is 1. The Bertz CT molecular complexity index is 1140. The molecule has 152 valence electrons. The number of carboxylic acid groups (broad SMARTS) is 1. The molecule has 4 rings (SSSR count). The van der Waals surface area contributed by atoms with Crippen molar-refractivity contribution in [3.63, 3.8) is 0 Å². The summed E-state index contributed by atoms with van der Waals surface area (Å²) in [7, 11) is 1.53. The average Bonchev–Trinajstić information content (AvgIpc) is 3.08. The van der Waals surface area contributed by atoms with Crippen LogP contribution in [0.2, 0.25) is 0 Å². The van der Waals surface area contributed by atoms with E-state index in [1.165, 1.54) is 53.2 Å². The molecule has 2 aromatic carbocycles. The molecule has 2 heterocycles. The maximum absolute atomic E-state index is 13.3. The molecule has 0 fully saturated rings. The first-order chi connectivity index (χ1) is 14.3. The van der Waals surface area contributed by atoms with Crippen LogP contribution in [-0.4, -0.2) is 46.4 Å². The molecule has 0 saturated carbocycles. The number of nitrogens with zero attached hydrogens (tertiary/aromatic N) is 3. The van der Waals surface area contributed by atoms with Crippen LogP contribution in [0, 0.1) is 10.1 Å². The Hall–Kier alpha value is -4.21. The molecule has 1 atom stereocenters. The van der Waals surface area contributed by atoms with Gasteiger partial charge < -0.3 is 15.3 Å². The van der Waals surface area contributed by atoms with Gasteiger partial charge in [0.05, 0.1) is 34.3 Å². The SMILES string of the molecule is CN1C(=O)N[C@@H](c2cccc([N+](=O)[O-])c2)C2=C1CN(c1cccc(C(=O)O)c1)C2=O. The van der Waals surface area contributed by atoms with Gasteiger partial charge in [-0.2, -0.15) is 0 Å². The molecule has 0 unspecified atom stereocenters. The number of urea groups is 1. The lowest BCUT2D eigenvalue weighted by Gasteiger charge is -2.30. The largest absolute Gasteiger partial charge is 0.478 e. The third-order valence-corrected chi connectivity index (χ3v) is 5.18. The van der Waals surface area contributed by atoms with E-state index in [4.69, 9.17) is 0 Å². The van der Waals surface area contributed by atoms with Gasteiger partial charge in [0.2, 0.25) is 0 Å². The zero-order valence-electron chi connectivity index (χ0n) is 15.7. The molecule has 2 aliphatic heterocycles. The number of hydrogen-bond acceptors (Lipinski definition) is 5. The van der Waals surface area contributed by atoms with Crippen molar-refractivity contribution in [1.29, 1.82) is 0 Å². The first kappa shape index (κ1) is 19.1. The van der Waals surface area contributed by atoms with Crippen LogP contribution < -0.4 is 10.2 Å². The molecule has 3 amide bonds. The second-order valence-electron chi connectivity index (χ2n) is 6.90. The fourth-order valence-corrected chi connectivity index (χ4v) is 3.65. The first-order valence-electron chi connectivity index (χ1n) is 8.94. The van der Waals surface area contributed by atoms with E-state index >= 15 is 0 Å². The van der Waals surface area contributed by atoms with Crippen molar-refractivity contribution in [3.8, 4) is 0 Å². The Kier molecular flexibility index (Phi) is 4.46. The second-order valence-corrected chi connectivity index (χ2v) is 6.90. The first-order valence-corrected chi connectivity index (χ1v) is 8.94. The van der Waals surface area contributed by atoms with Gasteiger partial charge in [-0.1, -0.05) is 18.2 Å². The number of likely N-dealkylation sites (N-methyl/N-ethyl adjacent to an activating group) is 1. The van der Waals surface area contributed by atoms with E-state index in [1.54, 1.807) is 12.1 Å². The van der Waals surface area contributed by atoms with E-state index in [-0.39, 0.29) is 17.8 Å². The van der Waals surface area contributed by atoms with E-state index in [1.807, 2.05) is 0 Å². The van der Waals surface area contributed by atoms with Crippen LogP contribution >= 0.6 is 0 Å². The number of non-ortho nitro benzene ring substituents is 1. The topological polar surface area (TPSA) is 133 Å². The van der Waals surface area contributed by atoms with Crippen LogP contribution in [-0.2, 0) is 4.79 Å². The van der Waals surface area contributed by atoms with Gasteiger partial charge in [-0.15, -0.1) is 0 Å². The summed E-state index contributed by atoms with van der Waals surface area (Å²) in [5, 5.41) is 23.1. The van der Waals surface area contributed by atoms with Crippen molar-refractivity contribution in [1.82, 2.24) is 10.2 Å². The van der Waals surface area contributed by atoms with Gasteiger partial charge in [-0.25, -0.2) is 9.59 Å². The maximum Gasteiger partial charge on any atom is 0.335 e. The standard InChI is InChI=1S/C20H16N4O6/c1-22-15-10-23(13-6-3-5-12(9-13)19(26)27)18(25)16(15)17(21-20(22)28)11-4-2-7-14(8-11)24(29)30/h2-9,17H,10H2,1H3,(H,21,28)(H,26,27)/t17-/m0/s1. The number of aromatic carboxylic acids is 1. The lowest BCUT2D eigenvalue weighted by Crippen LogP contribution is -2.45. The molecule has 2 aliphatic rings. The number of nitro groups is 1. The van der Waals surface area contributed by atoms with Gasteiger partial charge in [0.25, 0.3) is 11.6 Å². The van der Waals surface area contributed by atoms with E-state index in [2.05, 4.69) is 5.32 Å². The Morgan fingerprint density at radius 2 is 1.93 bits per heavy atom. The van der Waals surface area contributed by atoms with Crippen LogP contribution in [0.1, 0.15) is 22.0 Å². The minimum Gasteiger partial charge on any atom is -0.478 e. The number of amides is 3. The molecule has 0 aliphatic carbocycles. The molecule has 0 spiro atoms. The summed E-state index contributed by atoms with van der Waals surface area (Å²) in [6.45, 7) is 0.0760. The number of anilines is 1. The molecule has 10 heteroatoms. The van der Waals surface area contributed by atoms with Crippen molar-refractivity contribution in [3.05, 3.63) is 81.0 Å². The number of carboxylic acids is 1. The molecular weight excluding hydrogens is 392 g/mol. The van der Waals surface area contributed by atoms with Crippen molar-refractivity contribution < 1.29 is 24.4 Å². The van der Waals surface area contributed by atoms with Crippen molar-refractivity contribution >= 4 is 29.3 Å². The van der Waals surface area contributed by atoms with Gasteiger partial charge in [-0.05, 0) is 23.8 Å². The summed E-state index contributed by atoms with van der Waals surface area (Å²) in [4.78, 5) is 50.4. The van der Waals surface area contributed by atoms with Crippen LogP contribution in [0.15, 0.2) is 59.8 Å². The predicted molar refractivity (Wildman–Crippen MR) is 105 cm³/mol. The van der Waals surface area contributed by atoms with Crippen LogP contribution in [0.25, 0.3) is 0 Å². The Labute approximate surface area is 170 Å². The summed E-state index contributed by atoms with van der Waals surface area (Å²) in [5.74, 6) is -1.53. The minimum atomic E-state index is -1.12. The fraction of sp³-hybridized carbons (Fsp3) is 0.150. The Balaban J connectivity index is 1.76. The smallest absolute Gasteiger partial charge is 0.335 e. The zero-order valence-corrected chi connectivity index (χ0v) is 15.7. The Morgan fingerprint density at radius 1 is 1.20 bits per heavy atom. The van der Waals surface area contributed by atoms with Crippen molar-refractivity contribution in [2.24, 2.45) is 0 Å². The third-order valence-electron chi connectivity index (χ3n) is 5.18. The van der Waals surface area contributed by atoms with Crippen LogP contribution in [0.3, 0.4) is 0 Å². The monoisotopic (exact) mass is 408 g/mol. The number of benzene rings is 2. The lowest BCUT2D eigenvalue weighted by molar-refractivity contribution is -0.384. The molecular formula is C20H16N4O6. The molecule has 0 radical (unpaired) electrons. The molecule has 2 aromatic rings. The normalized spacial score (nSPS) is 18.4. The summed E-state index contributed by atoms with van der Waals surface area (Å²) in [6.07, 6.45) is 0. The van der Waals surface area contributed by atoms with E-state index in [0.717, 1.165) is 0 Å². The average molecular weight is 408 g/mol. The summed E-state index contributed by atoms with van der Waals surface area (Å²) in [5.41, 5.74) is 1.42. The highest BCUT2D eigenvalue weighted by Crippen LogP contribution is 2.38. The fourth-order valence-electron chi connectivity index (χ4n) is 3.65. The van der Waals surface area contributed by atoms with Gasteiger partial charge >= 0.3 is 12.0 Å². The summed E-state index contributed by atoms with van der Waals surface area (Å²) >= 11 is 0. The van der Waals surface area contributed by atoms with Gasteiger partial charge in [0.1, 0.15) is 0 Å². The van der Waals surface area contributed by atoms with Crippen LogP contribution in [0.5, 0.6) is 0 Å². The molecule has 10 nitrogen and oxygen atoms in total. The highest BCUT2D eigenvalue weighted by molar-refractivity contribution is 6.12. The second kappa shape index (κ2) is 6.99. The summed E-state index contributed by atoms with van der Waals surface area (Å²) < 4.78 is 0. The third kappa shape index (κ3) is 3.04. The predicted octanol–water partition coefficient (Wildman–Crippen LogP) is 2.29. The Morgan fingerprint density at radius 3 is 2.63 bits per heavy atom. The molecule has 0 aromatic heterocycles. The highest BCUT2D eigenvalue weighted by Gasteiger charge is 2.43. The van der Waals surface area contributed by atoms with E-state index in [0.29, 0.717) is 22.5 Å².